The number of methoxy groups -OCH3 is 1. The summed E-state index contributed by atoms with van der Waals surface area (Å²) in [7, 11) is 1.70. The molecule has 1 heterocycles. The Kier molecular flexibility index (Phi) is 12.4. The molecule has 1 aromatic rings. The van der Waals surface area contributed by atoms with E-state index >= 15 is 0 Å². The molecule has 0 spiro atoms. The average molecular weight is 477 g/mol. The Morgan fingerprint density at radius 2 is 2.23 bits per heavy atom. The molecular weight excluding hydrogens is 445 g/mol. The Hall–Kier alpha value is -1.06. The number of guanidine groups is 1. The van der Waals surface area contributed by atoms with E-state index in [-0.39, 0.29) is 24.0 Å². The number of anilines is 1. The fourth-order valence-corrected chi connectivity index (χ4v) is 2.69. The van der Waals surface area contributed by atoms with Crippen LogP contribution in [0.2, 0.25) is 0 Å². The van der Waals surface area contributed by atoms with Crippen molar-refractivity contribution in [2.75, 3.05) is 45.3 Å². The smallest absolute Gasteiger partial charge is 0.195 e. The van der Waals surface area contributed by atoms with E-state index in [9.17, 15) is 0 Å². The molecule has 0 radical (unpaired) electrons. The predicted molar refractivity (Wildman–Crippen MR) is 117 cm³/mol. The molecular formula is C19H32IN3O3. The van der Waals surface area contributed by atoms with E-state index in [1.807, 2.05) is 24.3 Å². The summed E-state index contributed by atoms with van der Waals surface area (Å²) in [4.78, 5) is 4.65. The second kappa shape index (κ2) is 14.1. The molecule has 0 bridgehead atoms. The van der Waals surface area contributed by atoms with E-state index in [2.05, 4.69) is 22.5 Å². The number of ether oxygens (including phenoxy) is 3. The number of nitrogens with one attached hydrogen (secondary N) is 2. The van der Waals surface area contributed by atoms with Gasteiger partial charge in [-0.15, -0.1) is 24.0 Å². The van der Waals surface area contributed by atoms with Crippen molar-refractivity contribution in [3.05, 3.63) is 24.3 Å². The summed E-state index contributed by atoms with van der Waals surface area (Å²) in [6.45, 7) is 5.88. The number of hydrogen-bond donors (Lipinski definition) is 2. The molecule has 1 aromatic carbocycles. The van der Waals surface area contributed by atoms with Crippen LogP contribution in [0.15, 0.2) is 29.3 Å². The van der Waals surface area contributed by atoms with E-state index < -0.39 is 0 Å². The zero-order valence-electron chi connectivity index (χ0n) is 15.8. The van der Waals surface area contributed by atoms with Gasteiger partial charge in [-0.3, -0.25) is 4.99 Å². The van der Waals surface area contributed by atoms with Crippen LogP contribution in [0.1, 0.15) is 32.6 Å². The molecule has 1 aliphatic rings. The van der Waals surface area contributed by atoms with Gasteiger partial charge in [-0.2, -0.15) is 0 Å². The highest BCUT2D eigenvalue weighted by Crippen LogP contribution is 2.18. The lowest BCUT2D eigenvalue weighted by Crippen LogP contribution is -2.31. The van der Waals surface area contributed by atoms with Gasteiger partial charge in [-0.05, 0) is 38.3 Å². The maximum absolute atomic E-state index is 5.74. The SMILES string of the molecule is CCNC(=NCCC1CCCO1)Nc1cccc(OCCCOC)c1.I. The van der Waals surface area contributed by atoms with Crippen LogP contribution in [0.3, 0.4) is 0 Å². The average Bonchev–Trinajstić information content (AvgIpc) is 3.13. The molecule has 1 aliphatic heterocycles. The van der Waals surface area contributed by atoms with Crippen LogP contribution < -0.4 is 15.4 Å². The summed E-state index contributed by atoms with van der Waals surface area (Å²) in [5.74, 6) is 1.63. The Morgan fingerprint density at radius 3 is 2.96 bits per heavy atom. The minimum atomic E-state index is 0. The third-order valence-electron chi connectivity index (χ3n) is 3.95. The number of hydrogen-bond acceptors (Lipinski definition) is 4. The van der Waals surface area contributed by atoms with Gasteiger partial charge in [0.2, 0.25) is 0 Å². The molecule has 148 valence electrons. The zero-order chi connectivity index (χ0) is 17.7. The summed E-state index contributed by atoms with van der Waals surface area (Å²) in [5, 5.41) is 6.62. The lowest BCUT2D eigenvalue weighted by atomic mass is 10.2. The van der Waals surface area contributed by atoms with Crippen molar-refractivity contribution in [2.24, 2.45) is 4.99 Å². The quantitative estimate of drug-likeness (QED) is 0.233. The van der Waals surface area contributed by atoms with Crippen LogP contribution in [0.5, 0.6) is 5.75 Å². The molecule has 0 aromatic heterocycles. The summed E-state index contributed by atoms with van der Waals surface area (Å²) in [6, 6.07) is 7.93. The maximum atomic E-state index is 5.74. The van der Waals surface area contributed by atoms with Gasteiger partial charge in [-0.1, -0.05) is 6.07 Å². The summed E-state index contributed by atoms with van der Waals surface area (Å²) >= 11 is 0. The Balaban J connectivity index is 0.00000338. The molecule has 0 saturated carbocycles. The zero-order valence-corrected chi connectivity index (χ0v) is 18.2. The Labute approximate surface area is 174 Å². The molecule has 1 fully saturated rings. The minimum Gasteiger partial charge on any atom is -0.493 e. The lowest BCUT2D eigenvalue weighted by Gasteiger charge is -2.13. The van der Waals surface area contributed by atoms with Crippen molar-refractivity contribution in [2.45, 2.75) is 38.7 Å². The number of nitrogens with zero attached hydrogens (tertiary/aromatic N) is 1. The van der Waals surface area contributed by atoms with Gasteiger partial charge in [0.05, 0.1) is 12.7 Å². The molecule has 1 unspecified atom stereocenters. The maximum Gasteiger partial charge on any atom is 0.195 e. The predicted octanol–water partition coefficient (Wildman–Crippen LogP) is 3.67. The second-order valence-corrected chi connectivity index (χ2v) is 6.03. The monoisotopic (exact) mass is 477 g/mol. The topological polar surface area (TPSA) is 64.1 Å². The third kappa shape index (κ3) is 9.05. The molecule has 1 saturated heterocycles. The highest BCUT2D eigenvalue weighted by atomic mass is 127. The highest BCUT2D eigenvalue weighted by Gasteiger charge is 2.14. The van der Waals surface area contributed by atoms with Crippen LogP contribution in [0, 0.1) is 0 Å². The first-order valence-corrected chi connectivity index (χ1v) is 9.20. The molecule has 2 N–H and O–H groups in total. The first-order valence-electron chi connectivity index (χ1n) is 9.20. The molecule has 1 atom stereocenters. The fraction of sp³-hybridized carbons (Fsp3) is 0.632. The molecule has 0 amide bonds. The van der Waals surface area contributed by atoms with Crippen molar-refractivity contribution in [3.63, 3.8) is 0 Å². The number of halogens is 1. The van der Waals surface area contributed by atoms with Crippen molar-refractivity contribution >= 4 is 35.6 Å². The summed E-state index contributed by atoms with van der Waals surface area (Å²) in [6.07, 6.45) is 4.54. The normalized spacial score (nSPS) is 16.8. The standard InChI is InChI=1S/C19H31N3O3.HI/c1-3-20-19(21-11-10-17-9-5-13-24-17)22-16-7-4-8-18(15-16)25-14-6-12-23-2;/h4,7-8,15,17H,3,5-6,9-14H2,1-2H3,(H2,20,21,22);1H. The van der Waals surface area contributed by atoms with Gasteiger partial charge >= 0.3 is 0 Å². The first-order chi connectivity index (χ1) is 12.3. The van der Waals surface area contributed by atoms with E-state index in [0.717, 1.165) is 56.4 Å². The highest BCUT2D eigenvalue weighted by molar-refractivity contribution is 14.0. The molecule has 0 aliphatic carbocycles. The summed E-state index contributed by atoms with van der Waals surface area (Å²) in [5.41, 5.74) is 0.959. The number of benzene rings is 1. The fourth-order valence-electron chi connectivity index (χ4n) is 2.69. The molecule has 7 heteroatoms. The van der Waals surface area contributed by atoms with E-state index in [1.165, 1.54) is 6.42 Å². The van der Waals surface area contributed by atoms with Crippen molar-refractivity contribution in [1.82, 2.24) is 5.32 Å². The Bertz CT molecular complexity index is 523. The second-order valence-electron chi connectivity index (χ2n) is 6.03. The van der Waals surface area contributed by atoms with E-state index in [1.54, 1.807) is 7.11 Å². The van der Waals surface area contributed by atoms with Gasteiger partial charge in [0.25, 0.3) is 0 Å². The van der Waals surface area contributed by atoms with Crippen LogP contribution in [-0.4, -0.2) is 52.1 Å². The largest absolute Gasteiger partial charge is 0.493 e. The summed E-state index contributed by atoms with van der Waals surface area (Å²) < 4.78 is 16.4. The lowest BCUT2D eigenvalue weighted by molar-refractivity contribution is 0.106. The Morgan fingerprint density at radius 1 is 1.35 bits per heavy atom. The van der Waals surface area contributed by atoms with Crippen LogP contribution in [-0.2, 0) is 9.47 Å². The van der Waals surface area contributed by atoms with Gasteiger partial charge in [0, 0.05) is 51.6 Å². The van der Waals surface area contributed by atoms with Crippen LogP contribution >= 0.6 is 24.0 Å². The van der Waals surface area contributed by atoms with Crippen LogP contribution in [0.4, 0.5) is 5.69 Å². The van der Waals surface area contributed by atoms with Crippen molar-refractivity contribution in [1.29, 1.82) is 0 Å². The third-order valence-corrected chi connectivity index (χ3v) is 3.95. The molecule has 2 rings (SSSR count). The van der Waals surface area contributed by atoms with Gasteiger partial charge < -0.3 is 24.8 Å². The number of rotatable bonds is 10. The van der Waals surface area contributed by atoms with Gasteiger partial charge in [-0.25, -0.2) is 0 Å². The van der Waals surface area contributed by atoms with Crippen molar-refractivity contribution < 1.29 is 14.2 Å². The van der Waals surface area contributed by atoms with Crippen LogP contribution in [0.25, 0.3) is 0 Å². The molecule has 6 nitrogen and oxygen atoms in total. The van der Waals surface area contributed by atoms with E-state index in [0.29, 0.717) is 19.3 Å². The number of aliphatic imine (C=N–C) groups is 1. The van der Waals surface area contributed by atoms with E-state index in [4.69, 9.17) is 14.2 Å². The first kappa shape index (κ1) is 23.0. The van der Waals surface area contributed by atoms with Gasteiger partial charge in [0.15, 0.2) is 5.96 Å². The molecule has 26 heavy (non-hydrogen) atoms. The van der Waals surface area contributed by atoms with Crippen molar-refractivity contribution in [3.8, 4) is 5.75 Å². The minimum absolute atomic E-state index is 0. The van der Waals surface area contributed by atoms with Gasteiger partial charge in [0.1, 0.15) is 5.75 Å².